The van der Waals surface area contributed by atoms with E-state index in [0.717, 1.165) is 29.4 Å². The summed E-state index contributed by atoms with van der Waals surface area (Å²) in [6.45, 7) is 0.688. The van der Waals surface area contributed by atoms with E-state index in [1.165, 1.54) is 5.56 Å². The summed E-state index contributed by atoms with van der Waals surface area (Å²) in [6.07, 6.45) is 3.73. The molecule has 0 saturated carbocycles. The van der Waals surface area contributed by atoms with Crippen LogP contribution in [0.3, 0.4) is 0 Å². The van der Waals surface area contributed by atoms with Gasteiger partial charge in [-0.2, -0.15) is 0 Å². The Balaban J connectivity index is 1.48. The fraction of sp³-hybridized carbons (Fsp3) is 0.200. The number of benzene rings is 2. The first-order valence-corrected chi connectivity index (χ1v) is 8.46. The highest BCUT2D eigenvalue weighted by molar-refractivity contribution is 6.08. The number of aryl methyl sites for hydroxylation is 1. The van der Waals surface area contributed by atoms with Gasteiger partial charge in [0.2, 0.25) is 5.91 Å². The number of carbonyl (C=O) groups is 2. The molecule has 0 radical (unpaired) electrons. The van der Waals surface area contributed by atoms with Gasteiger partial charge in [-0.15, -0.1) is 0 Å². The highest BCUT2D eigenvalue weighted by Crippen LogP contribution is 2.26. The molecule has 0 saturated heterocycles. The number of carbonyl (C=O) groups excluding carboxylic acids is 2. The minimum atomic E-state index is -0.233. The molecule has 1 aromatic heterocycles. The van der Waals surface area contributed by atoms with Crippen molar-refractivity contribution in [3.63, 3.8) is 0 Å². The van der Waals surface area contributed by atoms with Gasteiger partial charge in [0, 0.05) is 34.9 Å². The zero-order valence-corrected chi connectivity index (χ0v) is 13.8. The number of rotatable bonds is 3. The average molecular weight is 333 g/mol. The third-order valence-electron chi connectivity index (χ3n) is 4.65. The monoisotopic (exact) mass is 333 g/mol. The highest BCUT2D eigenvalue weighted by atomic mass is 16.2. The molecule has 3 aromatic rings. The lowest BCUT2D eigenvalue weighted by Crippen LogP contribution is -2.42. The Kier molecular flexibility index (Phi) is 3.98. The van der Waals surface area contributed by atoms with Crippen LogP contribution in [0, 0.1) is 0 Å². The number of para-hydroxylation sites is 1. The Bertz CT molecular complexity index is 945. The molecule has 2 N–H and O–H groups in total. The van der Waals surface area contributed by atoms with Crippen LogP contribution in [0.25, 0.3) is 10.9 Å². The lowest BCUT2D eigenvalue weighted by molar-refractivity contribution is -0.117. The van der Waals surface area contributed by atoms with E-state index in [9.17, 15) is 9.59 Å². The summed E-state index contributed by atoms with van der Waals surface area (Å²) in [7, 11) is 0. The third kappa shape index (κ3) is 2.89. The van der Waals surface area contributed by atoms with Gasteiger partial charge in [0.15, 0.2) is 0 Å². The molecule has 126 valence electrons. The van der Waals surface area contributed by atoms with Crippen LogP contribution in [0.4, 0.5) is 5.69 Å². The van der Waals surface area contributed by atoms with E-state index < -0.39 is 0 Å². The lowest BCUT2D eigenvalue weighted by Gasteiger charge is -2.29. The molecule has 5 nitrogen and oxygen atoms in total. The molecular weight excluding hydrogens is 314 g/mol. The maximum absolute atomic E-state index is 12.6. The summed E-state index contributed by atoms with van der Waals surface area (Å²) in [5.74, 6) is -0.314. The molecule has 5 heteroatoms. The highest BCUT2D eigenvalue weighted by Gasteiger charge is 2.22. The summed E-state index contributed by atoms with van der Waals surface area (Å²) in [4.78, 5) is 30.0. The zero-order valence-electron chi connectivity index (χ0n) is 13.8. The van der Waals surface area contributed by atoms with Crippen LogP contribution in [0.1, 0.15) is 22.3 Å². The molecule has 0 bridgehead atoms. The maximum atomic E-state index is 12.6. The standard InChI is InChI=1S/C20H19N3O2/c24-19(23-12-4-6-14-5-1-2-9-18(14)23)13-22-20(25)16-7-3-8-17-15(16)10-11-21-17/h1-3,5,7-11,21H,4,6,12-13H2,(H,22,25). The molecule has 2 heterocycles. The van der Waals surface area contributed by atoms with Crippen LogP contribution in [0.15, 0.2) is 54.7 Å². The van der Waals surface area contributed by atoms with Crippen molar-refractivity contribution < 1.29 is 9.59 Å². The summed E-state index contributed by atoms with van der Waals surface area (Å²) in [5.41, 5.74) is 3.63. The van der Waals surface area contributed by atoms with E-state index in [0.29, 0.717) is 12.1 Å². The lowest BCUT2D eigenvalue weighted by atomic mass is 10.0. The summed E-state index contributed by atoms with van der Waals surface area (Å²) in [6, 6.07) is 15.3. The molecule has 4 rings (SSSR count). The van der Waals surface area contributed by atoms with Gasteiger partial charge in [-0.05, 0) is 42.7 Å². The third-order valence-corrected chi connectivity index (χ3v) is 4.65. The fourth-order valence-electron chi connectivity index (χ4n) is 3.42. The Hall–Kier alpha value is -3.08. The minimum absolute atomic E-state index is 0.00597. The van der Waals surface area contributed by atoms with Gasteiger partial charge in [0.05, 0.1) is 6.54 Å². The summed E-state index contributed by atoms with van der Waals surface area (Å²) < 4.78 is 0. The Morgan fingerprint density at radius 3 is 2.88 bits per heavy atom. The fourth-order valence-corrected chi connectivity index (χ4v) is 3.42. The molecule has 2 aromatic carbocycles. The predicted molar refractivity (Wildman–Crippen MR) is 97.7 cm³/mol. The van der Waals surface area contributed by atoms with Crippen molar-refractivity contribution in [3.8, 4) is 0 Å². The first-order valence-electron chi connectivity index (χ1n) is 8.46. The van der Waals surface area contributed by atoms with Crippen LogP contribution in [0.2, 0.25) is 0 Å². The first kappa shape index (κ1) is 15.4. The SMILES string of the molecule is O=C(NCC(=O)N1CCCc2ccccc21)c1cccc2[nH]ccc12. The smallest absolute Gasteiger partial charge is 0.252 e. The number of H-pyrrole nitrogens is 1. The van der Waals surface area contributed by atoms with Crippen molar-refractivity contribution in [3.05, 3.63) is 65.9 Å². The predicted octanol–water partition coefficient (Wildman–Crippen LogP) is 2.88. The molecule has 2 amide bonds. The first-order chi connectivity index (χ1) is 12.2. The van der Waals surface area contributed by atoms with Crippen molar-refractivity contribution in [2.45, 2.75) is 12.8 Å². The number of anilines is 1. The molecule has 1 aliphatic rings. The van der Waals surface area contributed by atoms with Gasteiger partial charge in [-0.3, -0.25) is 9.59 Å². The van der Waals surface area contributed by atoms with Crippen LogP contribution in [-0.2, 0) is 11.2 Å². The van der Waals surface area contributed by atoms with Crippen LogP contribution < -0.4 is 10.2 Å². The molecule has 0 aliphatic carbocycles. The van der Waals surface area contributed by atoms with E-state index in [1.807, 2.05) is 36.4 Å². The van der Waals surface area contributed by atoms with Crippen molar-refractivity contribution in [2.24, 2.45) is 0 Å². The molecule has 1 aliphatic heterocycles. The number of hydrogen-bond acceptors (Lipinski definition) is 2. The Labute approximate surface area is 145 Å². The molecule has 0 atom stereocenters. The molecular formula is C20H19N3O2. The average Bonchev–Trinajstić information content (AvgIpc) is 3.14. The van der Waals surface area contributed by atoms with Crippen LogP contribution >= 0.6 is 0 Å². The molecule has 0 spiro atoms. The quantitative estimate of drug-likeness (QED) is 0.774. The Morgan fingerprint density at radius 2 is 1.96 bits per heavy atom. The normalized spacial score (nSPS) is 13.5. The zero-order chi connectivity index (χ0) is 17.2. The van der Waals surface area contributed by atoms with Gasteiger partial charge in [0.1, 0.15) is 0 Å². The summed E-state index contributed by atoms with van der Waals surface area (Å²) >= 11 is 0. The van der Waals surface area contributed by atoms with Gasteiger partial charge in [-0.1, -0.05) is 24.3 Å². The second-order valence-corrected chi connectivity index (χ2v) is 6.20. The molecule has 0 unspecified atom stereocenters. The Morgan fingerprint density at radius 1 is 1.08 bits per heavy atom. The van der Waals surface area contributed by atoms with Gasteiger partial charge in [0.25, 0.3) is 5.91 Å². The number of nitrogens with zero attached hydrogens (tertiary/aromatic N) is 1. The van der Waals surface area contributed by atoms with Crippen molar-refractivity contribution in [1.82, 2.24) is 10.3 Å². The molecule has 25 heavy (non-hydrogen) atoms. The maximum Gasteiger partial charge on any atom is 0.252 e. The second kappa shape index (κ2) is 6.43. The van der Waals surface area contributed by atoms with E-state index in [-0.39, 0.29) is 18.4 Å². The topological polar surface area (TPSA) is 65.2 Å². The minimum Gasteiger partial charge on any atom is -0.361 e. The van der Waals surface area contributed by atoms with E-state index in [4.69, 9.17) is 0 Å². The number of nitrogens with one attached hydrogen (secondary N) is 2. The van der Waals surface area contributed by atoms with Crippen molar-refractivity contribution in [1.29, 1.82) is 0 Å². The number of fused-ring (bicyclic) bond motifs is 2. The van der Waals surface area contributed by atoms with E-state index in [1.54, 1.807) is 17.2 Å². The number of amides is 2. The number of aromatic amines is 1. The van der Waals surface area contributed by atoms with Gasteiger partial charge in [-0.25, -0.2) is 0 Å². The second-order valence-electron chi connectivity index (χ2n) is 6.20. The number of hydrogen-bond donors (Lipinski definition) is 2. The summed E-state index contributed by atoms with van der Waals surface area (Å²) in [5, 5.41) is 3.62. The van der Waals surface area contributed by atoms with Crippen LogP contribution in [-0.4, -0.2) is 29.9 Å². The van der Waals surface area contributed by atoms with Crippen molar-refractivity contribution in [2.75, 3.05) is 18.0 Å². The van der Waals surface area contributed by atoms with Crippen LogP contribution in [0.5, 0.6) is 0 Å². The van der Waals surface area contributed by atoms with Gasteiger partial charge >= 0.3 is 0 Å². The van der Waals surface area contributed by atoms with E-state index >= 15 is 0 Å². The van der Waals surface area contributed by atoms with E-state index in [2.05, 4.69) is 16.4 Å². The number of aromatic nitrogens is 1. The molecule has 0 fully saturated rings. The van der Waals surface area contributed by atoms with Gasteiger partial charge < -0.3 is 15.2 Å². The largest absolute Gasteiger partial charge is 0.361 e. The van der Waals surface area contributed by atoms with Crippen molar-refractivity contribution >= 4 is 28.4 Å².